The van der Waals surface area contributed by atoms with Crippen LogP contribution in [-0.4, -0.2) is 97.6 Å². The van der Waals surface area contributed by atoms with E-state index in [1.54, 1.807) is 0 Å². The highest BCUT2D eigenvalue weighted by atomic mass is 16.7. The minimum atomic E-state index is -1.68. The van der Waals surface area contributed by atoms with Crippen LogP contribution in [0.5, 0.6) is 0 Å². The maximum Gasteiger partial charge on any atom is 0.407 e. The van der Waals surface area contributed by atoms with Crippen molar-refractivity contribution in [3.63, 3.8) is 0 Å². The third-order valence-corrected chi connectivity index (χ3v) is 7.31. The molecule has 2 aromatic rings. The summed E-state index contributed by atoms with van der Waals surface area (Å²) in [6, 6.07) is 13.7. The van der Waals surface area contributed by atoms with E-state index in [9.17, 15) is 33.9 Å². The number of hydrogen-bond acceptors (Lipinski definition) is 13. The van der Waals surface area contributed by atoms with Crippen LogP contribution in [0.4, 0.5) is 4.79 Å². The Kier molecular flexibility index (Phi) is 11.5. The molecule has 1 fully saturated rings. The Labute approximate surface area is 269 Å². The van der Waals surface area contributed by atoms with E-state index < -0.39 is 85.9 Å². The smallest absolute Gasteiger partial charge is 0.407 e. The van der Waals surface area contributed by atoms with Crippen LogP contribution in [0, 0.1) is 0 Å². The van der Waals surface area contributed by atoms with Gasteiger partial charge in [0.2, 0.25) is 0 Å². The van der Waals surface area contributed by atoms with Crippen LogP contribution in [0.1, 0.15) is 44.7 Å². The fourth-order valence-electron chi connectivity index (χ4n) is 5.47. The third-order valence-electron chi connectivity index (χ3n) is 7.31. The number of carboxylic acid groups (broad SMARTS) is 1. The van der Waals surface area contributed by atoms with Crippen molar-refractivity contribution in [1.29, 1.82) is 0 Å². The van der Waals surface area contributed by atoms with Gasteiger partial charge in [-0.1, -0.05) is 48.5 Å². The number of carbonyl (C=O) groups excluding carboxylic acids is 5. The van der Waals surface area contributed by atoms with Crippen LogP contribution in [0.2, 0.25) is 0 Å². The second-order valence-electron chi connectivity index (χ2n) is 10.8. The van der Waals surface area contributed by atoms with Crippen molar-refractivity contribution >= 4 is 35.9 Å². The first-order chi connectivity index (χ1) is 22.3. The van der Waals surface area contributed by atoms with Gasteiger partial charge in [-0.25, -0.2) is 9.59 Å². The molecule has 47 heavy (non-hydrogen) atoms. The summed E-state index contributed by atoms with van der Waals surface area (Å²) in [6.07, 6.45) is -8.49. The van der Waals surface area contributed by atoms with Gasteiger partial charge in [-0.15, -0.1) is 0 Å². The summed E-state index contributed by atoms with van der Waals surface area (Å²) in [7, 11) is 0. The summed E-state index contributed by atoms with van der Waals surface area (Å²) >= 11 is 0. The number of fused-ring (bicyclic) bond motifs is 3. The lowest BCUT2D eigenvalue weighted by Crippen LogP contribution is -2.63. The molecule has 4 rings (SSSR count). The van der Waals surface area contributed by atoms with Gasteiger partial charge < -0.3 is 43.6 Å². The lowest BCUT2D eigenvalue weighted by molar-refractivity contribution is -0.308. The van der Waals surface area contributed by atoms with E-state index in [1.807, 2.05) is 48.5 Å². The Hall–Kier alpha value is -5.02. The van der Waals surface area contributed by atoms with Crippen molar-refractivity contribution in [2.75, 3.05) is 19.8 Å². The summed E-state index contributed by atoms with van der Waals surface area (Å²) in [5.74, 6) is -5.01. The van der Waals surface area contributed by atoms with Gasteiger partial charge in [0.15, 0.2) is 30.6 Å². The summed E-state index contributed by atoms with van der Waals surface area (Å²) in [5.41, 5.74) is 3.95. The maximum absolute atomic E-state index is 12.8. The van der Waals surface area contributed by atoms with E-state index in [0.717, 1.165) is 49.9 Å². The Morgan fingerprint density at radius 2 is 1.26 bits per heavy atom. The number of hydrogen-bond donors (Lipinski definition) is 2. The van der Waals surface area contributed by atoms with Gasteiger partial charge in [0.1, 0.15) is 19.3 Å². The second kappa shape index (κ2) is 15.5. The molecule has 0 spiro atoms. The number of carboxylic acids is 1. The molecular formula is C32H35NO14. The average Bonchev–Trinajstić information content (AvgIpc) is 3.32. The quantitative estimate of drug-likeness (QED) is 0.248. The zero-order chi connectivity index (χ0) is 34.2. The van der Waals surface area contributed by atoms with Crippen LogP contribution < -0.4 is 5.32 Å². The van der Waals surface area contributed by atoms with E-state index in [4.69, 9.17) is 33.2 Å². The number of aliphatic carboxylic acids is 1. The first kappa shape index (κ1) is 34.8. The first-order valence-electron chi connectivity index (χ1n) is 14.6. The van der Waals surface area contributed by atoms with E-state index in [0.29, 0.717) is 0 Å². The number of esters is 4. The Bertz CT molecular complexity index is 1460. The number of alkyl carbamates (subject to hydrolysis) is 1. The molecule has 0 saturated carbocycles. The molecule has 2 aromatic carbocycles. The monoisotopic (exact) mass is 657 g/mol. The van der Waals surface area contributed by atoms with Gasteiger partial charge in [0.05, 0.1) is 6.61 Å². The number of ether oxygens (including phenoxy) is 7. The van der Waals surface area contributed by atoms with Gasteiger partial charge in [0.25, 0.3) is 0 Å². The summed E-state index contributed by atoms with van der Waals surface area (Å²) in [4.78, 5) is 72.4. The largest absolute Gasteiger partial charge is 0.480 e. The van der Waals surface area contributed by atoms with E-state index in [2.05, 4.69) is 5.32 Å². The summed E-state index contributed by atoms with van der Waals surface area (Å²) in [6.45, 7) is 2.98. The molecule has 1 saturated heterocycles. The molecule has 1 aliphatic carbocycles. The number of amides is 1. The Morgan fingerprint density at radius 1 is 0.723 bits per heavy atom. The Morgan fingerprint density at radius 3 is 1.79 bits per heavy atom. The highest BCUT2D eigenvalue weighted by Crippen LogP contribution is 2.44. The van der Waals surface area contributed by atoms with Crippen LogP contribution in [0.3, 0.4) is 0 Å². The lowest BCUT2D eigenvalue weighted by atomic mass is 9.98. The van der Waals surface area contributed by atoms with Crippen LogP contribution in [-0.2, 0) is 57.1 Å². The highest BCUT2D eigenvalue weighted by molar-refractivity contribution is 5.81. The molecule has 0 aromatic heterocycles. The van der Waals surface area contributed by atoms with Crippen molar-refractivity contribution < 1.29 is 67.0 Å². The van der Waals surface area contributed by atoms with Crippen molar-refractivity contribution in [3.05, 3.63) is 59.7 Å². The molecule has 0 bridgehead atoms. The SMILES string of the molecule is CC(=O)OC[C@@H]1O[C@H](OC[C@H](NC(=O)OCC2c3ccccc3-c3ccccc32)C(=O)O)[C@H](OC(C)=O)[C@H](OC(C)=O)[C@@H]1OC(C)=O. The molecule has 6 atom stereocenters. The highest BCUT2D eigenvalue weighted by Gasteiger charge is 2.53. The number of carbonyl (C=O) groups is 6. The predicted octanol–water partition coefficient (Wildman–Crippen LogP) is 2.08. The molecule has 2 aliphatic rings. The van der Waals surface area contributed by atoms with Gasteiger partial charge in [-0.05, 0) is 22.3 Å². The van der Waals surface area contributed by atoms with Crippen molar-refractivity contribution in [3.8, 4) is 11.1 Å². The molecule has 1 heterocycles. The van der Waals surface area contributed by atoms with E-state index >= 15 is 0 Å². The fraction of sp³-hybridized carbons (Fsp3) is 0.438. The average molecular weight is 658 g/mol. The Balaban J connectivity index is 1.48. The number of rotatable bonds is 12. The molecule has 0 radical (unpaired) electrons. The van der Waals surface area contributed by atoms with E-state index in [1.165, 1.54) is 0 Å². The summed E-state index contributed by atoms with van der Waals surface area (Å²) in [5, 5.41) is 12.1. The molecular weight excluding hydrogens is 622 g/mol. The minimum absolute atomic E-state index is 0.0766. The van der Waals surface area contributed by atoms with Gasteiger partial charge in [0, 0.05) is 33.6 Å². The van der Waals surface area contributed by atoms with Crippen molar-refractivity contribution in [1.82, 2.24) is 5.32 Å². The predicted molar refractivity (Wildman–Crippen MR) is 158 cm³/mol. The zero-order valence-corrected chi connectivity index (χ0v) is 26.0. The molecule has 1 aliphatic heterocycles. The van der Waals surface area contributed by atoms with Crippen LogP contribution in [0.25, 0.3) is 11.1 Å². The van der Waals surface area contributed by atoms with E-state index in [-0.39, 0.29) is 12.5 Å². The molecule has 0 unspecified atom stereocenters. The van der Waals surface area contributed by atoms with Gasteiger partial charge in [-0.2, -0.15) is 0 Å². The topological polar surface area (TPSA) is 199 Å². The van der Waals surface area contributed by atoms with Gasteiger partial charge in [-0.3, -0.25) is 19.2 Å². The van der Waals surface area contributed by atoms with Crippen LogP contribution in [0.15, 0.2) is 48.5 Å². The first-order valence-corrected chi connectivity index (χ1v) is 14.6. The third kappa shape index (κ3) is 8.83. The second-order valence-corrected chi connectivity index (χ2v) is 10.8. The fourth-order valence-corrected chi connectivity index (χ4v) is 5.47. The number of nitrogens with one attached hydrogen (secondary N) is 1. The lowest BCUT2D eigenvalue weighted by Gasteiger charge is -2.44. The molecule has 15 nitrogen and oxygen atoms in total. The normalized spacial score (nSPS) is 22.1. The molecule has 252 valence electrons. The molecule has 2 N–H and O–H groups in total. The number of benzene rings is 2. The van der Waals surface area contributed by atoms with Crippen molar-refractivity contribution in [2.45, 2.75) is 70.4 Å². The zero-order valence-electron chi connectivity index (χ0n) is 26.0. The minimum Gasteiger partial charge on any atom is -0.480 e. The molecule has 15 heteroatoms. The van der Waals surface area contributed by atoms with Gasteiger partial charge >= 0.3 is 35.9 Å². The summed E-state index contributed by atoms with van der Waals surface area (Å²) < 4.78 is 37.9. The maximum atomic E-state index is 12.8. The van der Waals surface area contributed by atoms with Crippen molar-refractivity contribution in [2.24, 2.45) is 0 Å². The van der Waals surface area contributed by atoms with Crippen LogP contribution >= 0.6 is 0 Å². The standard InChI is InChI=1S/C32H35NO14/c1-16(34)41-15-26-27(44-17(2)35)28(45-18(3)36)29(46-19(4)37)31(47-26)42-14-25(30(38)39)33-32(40)43-13-24-22-11-7-5-9-20(22)21-10-6-8-12-23(21)24/h5-12,24-29,31H,13-15H2,1-4H3,(H,33,40)(H,38,39)/t25-,26-,27+,28+,29+,31-/m0/s1. The molecule has 1 amide bonds.